The zero-order valence-corrected chi connectivity index (χ0v) is 10.7. The van der Waals surface area contributed by atoms with E-state index in [1.54, 1.807) is 0 Å². The van der Waals surface area contributed by atoms with Gasteiger partial charge in [0.2, 0.25) is 0 Å². The lowest BCUT2D eigenvalue weighted by Gasteiger charge is -2.16. The standard InChI is InChI=1S/C15H22N2/c1-12-2-4-13(5-3-12)10-17-9-8-15(11-17)16-14-6-7-14/h2-5,14-16H,6-11H2,1H3. The first-order valence-corrected chi connectivity index (χ1v) is 6.83. The van der Waals surface area contributed by atoms with Crippen molar-refractivity contribution in [1.82, 2.24) is 10.2 Å². The molecule has 3 rings (SSSR count). The summed E-state index contributed by atoms with van der Waals surface area (Å²) in [6.07, 6.45) is 4.12. The molecule has 0 radical (unpaired) electrons. The molecule has 1 aromatic carbocycles. The number of aryl methyl sites for hydroxylation is 1. The molecule has 2 heteroatoms. The topological polar surface area (TPSA) is 15.3 Å². The SMILES string of the molecule is Cc1ccc(CN2CCC(NC3CC3)C2)cc1. The summed E-state index contributed by atoms with van der Waals surface area (Å²) in [4.78, 5) is 2.57. The van der Waals surface area contributed by atoms with Crippen LogP contribution in [-0.4, -0.2) is 30.1 Å². The minimum Gasteiger partial charge on any atom is -0.310 e. The van der Waals surface area contributed by atoms with Crippen LogP contribution in [0, 0.1) is 6.92 Å². The van der Waals surface area contributed by atoms with Crippen molar-refractivity contribution in [3.63, 3.8) is 0 Å². The third-order valence-electron chi connectivity index (χ3n) is 3.85. The number of nitrogens with zero attached hydrogens (tertiary/aromatic N) is 1. The van der Waals surface area contributed by atoms with Gasteiger partial charge in [-0.05, 0) is 31.7 Å². The summed E-state index contributed by atoms with van der Waals surface area (Å²) in [5.41, 5.74) is 2.80. The van der Waals surface area contributed by atoms with Gasteiger partial charge in [-0.3, -0.25) is 4.90 Å². The maximum atomic E-state index is 3.74. The average Bonchev–Trinajstić information content (AvgIpc) is 3.02. The van der Waals surface area contributed by atoms with E-state index < -0.39 is 0 Å². The molecule has 1 N–H and O–H groups in total. The highest BCUT2D eigenvalue weighted by molar-refractivity contribution is 5.21. The summed E-state index contributed by atoms with van der Waals surface area (Å²) in [5.74, 6) is 0. The van der Waals surface area contributed by atoms with Gasteiger partial charge in [-0.2, -0.15) is 0 Å². The molecule has 1 aromatic rings. The fourth-order valence-electron chi connectivity index (χ4n) is 2.65. The molecule has 0 aromatic heterocycles. The molecule has 2 aliphatic rings. The predicted molar refractivity (Wildman–Crippen MR) is 71.0 cm³/mol. The Bertz CT molecular complexity index is 367. The number of hydrogen-bond donors (Lipinski definition) is 1. The molecule has 2 fully saturated rings. The van der Waals surface area contributed by atoms with Gasteiger partial charge < -0.3 is 5.32 Å². The molecule has 1 aliphatic carbocycles. The van der Waals surface area contributed by atoms with Crippen molar-refractivity contribution in [2.24, 2.45) is 0 Å². The first-order valence-electron chi connectivity index (χ1n) is 6.83. The summed E-state index contributed by atoms with van der Waals surface area (Å²) < 4.78 is 0. The Morgan fingerprint density at radius 1 is 1.12 bits per heavy atom. The fraction of sp³-hybridized carbons (Fsp3) is 0.600. The normalized spacial score (nSPS) is 25.4. The average molecular weight is 230 g/mol. The lowest BCUT2D eigenvalue weighted by molar-refractivity contribution is 0.320. The van der Waals surface area contributed by atoms with Crippen molar-refractivity contribution < 1.29 is 0 Å². The first-order chi connectivity index (χ1) is 8.29. The molecule has 2 nitrogen and oxygen atoms in total. The monoisotopic (exact) mass is 230 g/mol. The van der Waals surface area contributed by atoms with Crippen LogP contribution in [0.5, 0.6) is 0 Å². The van der Waals surface area contributed by atoms with Gasteiger partial charge in [0.1, 0.15) is 0 Å². The quantitative estimate of drug-likeness (QED) is 0.854. The van der Waals surface area contributed by atoms with E-state index in [9.17, 15) is 0 Å². The third-order valence-corrected chi connectivity index (χ3v) is 3.85. The molecule has 0 spiro atoms. The molecule has 1 saturated carbocycles. The van der Waals surface area contributed by atoms with Crippen LogP contribution in [0.1, 0.15) is 30.4 Å². The molecule has 1 heterocycles. The van der Waals surface area contributed by atoms with Crippen molar-refractivity contribution in [2.75, 3.05) is 13.1 Å². The molecule has 17 heavy (non-hydrogen) atoms. The summed E-state index contributed by atoms with van der Waals surface area (Å²) in [6, 6.07) is 10.5. The van der Waals surface area contributed by atoms with E-state index in [4.69, 9.17) is 0 Å². The van der Waals surface area contributed by atoms with Crippen LogP contribution in [0.3, 0.4) is 0 Å². The second-order valence-electron chi connectivity index (χ2n) is 5.65. The van der Waals surface area contributed by atoms with E-state index in [-0.39, 0.29) is 0 Å². The van der Waals surface area contributed by atoms with Gasteiger partial charge >= 0.3 is 0 Å². The van der Waals surface area contributed by atoms with E-state index in [1.165, 1.54) is 43.5 Å². The molecule has 0 bridgehead atoms. The highest BCUT2D eigenvalue weighted by Crippen LogP contribution is 2.22. The molecule has 1 atom stereocenters. The summed E-state index contributed by atoms with van der Waals surface area (Å²) in [7, 11) is 0. The molecule has 0 amide bonds. The number of likely N-dealkylation sites (tertiary alicyclic amines) is 1. The van der Waals surface area contributed by atoms with Gasteiger partial charge in [-0.25, -0.2) is 0 Å². The van der Waals surface area contributed by atoms with E-state index in [0.29, 0.717) is 0 Å². The Morgan fingerprint density at radius 3 is 2.59 bits per heavy atom. The van der Waals surface area contributed by atoms with Crippen LogP contribution in [0.4, 0.5) is 0 Å². The van der Waals surface area contributed by atoms with E-state index in [1.807, 2.05) is 0 Å². The lowest BCUT2D eigenvalue weighted by atomic mass is 10.1. The molecule has 1 unspecified atom stereocenters. The Balaban J connectivity index is 1.50. The highest BCUT2D eigenvalue weighted by atomic mass is 15.2. The third kappa shape index (κ3) is 3.08. The second-order valence-corrected chi connectivity index (χ2v) is 5.65. The number of nitrogens with one attached hydrogen (secondary N) is 1. The molecular formula is C15H22N2. The summed E-state index contributed by atoms with van der Waals surface area (Å²) in [5, 5.41) is 3.74. The number of hydrogen-bond acceptors (Lipinski definition) is 2. The molecule has 92 valence electrons. The van der Waals surface area contributed by atoms with E-state index >= 15 is 0 Å². The maximum absolute atomic E-state index is 3.74. The van der Waals surface area contributed by atoms with Crippen molar-refractivity contribution in [1.29, 1.82) is 0 Å². The van der Waals surface area contributed by atoms with Crippen LogP contribution in [0.15, 0.2) is 24.3 Å². The summed E-state index contributed by atoms with van der Waals surface area (Å²) >= 11 is 0. The Morgan fingerprint density at radius 2 is 1.88 bits per heavy atom. The highest BCUT2D eigenvalue weighted by Gasteiger charge is 2.28. The predicted octanol–water partition coefficient (Wildman–Crippen LogP) is 2.32. The Labute approximate surface area is 104 Å². The van der Waals surface area contributed by atoms with Gasteiger partial charge in [0.15, 0.2) is 0 Å². The van der Waals surface area contributed by atoms with Crippen LogP contribution < -0.4 is 5.32 Å². The van der Waals surface area contributed by atoms with Gasteiger partial charge in [0, 0.05) is 31.7 Å². The lowest BCUT2D eigenvalue weighted by Crippen LogP contribution is -2.33. The number of rotatable bonds is 4. The summed E-state index contributed by atoms with van der Waals surface area (Å²) in [6.45, 7) is 5.74. The zero-order chi connectivity index (χ0) is 11.7. The van der Waals surface area contributed by atoms with Crippen LogP contribution in [0.2, 0.25) is 0 Å². The minimum atomic E-state index is 0.743. The van der Waals surface area contributed by atoms with E-state index in [2.05, 4.69) is 41.4 Å². The largest absolute Gasteiger partial charge is 0.310 e. The number of benzene rings is 1. The fourth-order valence-corrected chi connectivity index (χ4v) is 2.65. The molecular weight excluding hydrogens is 208 g/mol. The van der Waals surface area contributed by atoms with Gasteiger partial charge in [-0.1, -0.05) is 29.8 Å². The van der Waals surface area contributed by atoms with Crippen LogP contribution in [-0.2, 0) is 6.54 Å². The van der Waals surface area contributed by atoms with Gasteiger partial charge in [0.25, 0.3) is 0 Å². The smallest absolute Gasteiger partial charge is 0.0234 e. The van der Waals surface area contributed by atoms with Gasteiger partial charge in [0.05, 0.1) is 0 Å². The maximum Gasteiger partial charge on any atom is 0.0234 e. The zero-order valence-electron chi connectivity index (χ0n) is 10.7. The van der Waals surface area contributed by atoms with Crippen molar-refractivity contribution in [3.8, 4) is 0 Å². The van der Waals surface area contributed by atoms with Crippen LogP contribution in [0.25, 0.3) is 0 Å². The Kier molecular flexibility index (Phi) is 3.17. The van der Waals surface area contributed by atoms with Crippen molar-refractivity contribution in [3.05, 3.63) is 35.4 Å². The van der Waals surface area contributed by atoms with Gasteiger partial charge in [-0.15, -0.1) is 0 Å². The first kappa shape index (κ1) is 11.2. The van der Waals surface area contributed by atoms with Crippen LogP contribution >= 0.6 is 0 Å². The minimum absolute atomic E-state index is 0.743. The second kappa shape index (κ2) is 4.79. The van der Waals surface area contributed by atoms with Crippen molar-refractivity contribution >= 4 is 0 Å². The van der Waals surface area contributed by atoms with E-state index in [0.717, 1.165) is 18.6 Å². The molecule has 1 aliphatic heterocycles. The molecule has 1 saturated heterocycles. The van der Waals surface area contributed by atoms with Crippen molar-refractivity contribution in [2.45, 2.75) is 44.8 Å². The Hall–Kier alpha value is -0.860.